The summed E-state index contributed by atoms with van der Waals surface area (Å²) in [7, 11) is 0. The second-order valence-electron chi connectivity index (χ2n) is 5.29. The molecule has 1 aliphatic heterocycles. The van der Waals surface area contributed by atoms with Gasteiger partial charge in [-0.25, -0.2) is 4.39 Å². The van der Waals surface area contributed by atoms with Gasteiger partial charge in [-0.2, -0.15) is 0 Å². The highest BCUT2D eigenvalue weighted by Gasteiger charge is 2.21. The fourth-order valence-corrected chi connectivity index (χ4v) is 3.11. The molecule has 0 aliphatic carbocycles. The lowest BCUT2D eigenvalue weighted by atomic mass is 10.0. The molecule has 0 bridgehead atoms. The maximum atomic E-state index is 13.9. The van der Waals surface area contributed by atoms with E-state index in [0.29, 0.717) is 6.04 Å². The molecule has 106 valence electrons. The van der Waals surface area contributed by atoms with E-state index in [1.54, 1.807) is 0 Å². The van der Waals surface area contributed by atoms with Gasteiger partial charge in [-0.1, -0.05) is 28.9 Å². The van der Waals surface area contributed by atoms with Crippen molar-refractivity contribution >= 4 is 15.9 Å². The quantitative estimate of drug-likeness (QED) is 0.906. The highest BCUT2D eigenvalue weighted by atomic mass is 79.9. The summed E-state index contributed by atoms with van der Waals surface area (Å²) in [5.74, 6) is -0.141. The molecule has 0 amide bonds. The maximum Gasteiger partial charge on any atom is 0.129 e. The third kappa shape index (κ3) is 4.01. The SMILES string of the molecule is CCN1CCCC(NC(C)c2ccc(Br)cc2F)C1. The average molecular weight is 329 g/mol. The Morgan fingerprint density at radius 2 is 2.32 bits per heavy atom. The van der Waals surface area contributed by atoms with E-state index in [0.717, 1.165) is 23.1 Å². The van der Waals surface area contributed by atoms with Gasteiger partial charge in [0.2, 0.25) is 0 Å². The van der Waals surface area contributed by atoms with Crippen LogP contribution in [0.2, 0.25) is 0 Å². The highest BCUT2D eigenvalue weighted by molar-refractivity contribution is 9.10. The van der Waals surface area contributed by atoms with Crippen LogP contribution in [0.4, 0.5) is 4.39 Å². The van der Waals surface area contributed by atoms with Crippen molar-refractivity contribution in [1.29, 1.82) is 0 Å². The van der Waals surface area contributed by atoms with Crippen molar-refractivity contribution in [2.24, 2.45) is 0 Å². The molecule has 1 aromatic rings. The van der Waals surface area contributed by atoms with E-state index >= 15 is 0 Å². The lowest BCUT2D eigenvalue weighted by molar-refractivity contribution is 0.191. The van der Waals surface area contributed by atoms with Crippen LogP contribution in [0.3, 0.4) is 0 Å². The van der Waals surface area contributed by atoms with Gasteiger partial charge in [0.15, 0.2) is 0 Å². The molecule has 1 aromatic carbocycles. The molecule has 1 aliphatic rings. The minimum atomic E-state index is -0.141. The van der Waals surface area contributed by atoms with Crippen LogP contribution in [0.25, 0.3) is 0 Å². The van der Waals surface area contributed by atoms with Crippen molar-refractivity contribution < 1.29 is 4.39 Å². The van der Waals surface area contributed by atoms with Crippen LogP contribution in [0.5, 0.6) is 0 Å². The number of benzene rings is 1. The normalized spacial score (nSPS) is 22.4. The van der Waals surface area contributed by atoms with E-state index in [1.807, 2.05) is 19.1 Å². The van der Waals surface area contributed by atoms with Gasteiger partial charge >= 0.3 is 0 Å². The molecular formula is C15H22BrFN2. The molecule has 1 heterocycles. The maximum absolute atomic E-state index is 13.9. The Balaban J connectivity index is 1.98. The number of likely N-dealkylation sites (N-methyl/N-ethyl adjacent to an activating group) is 1. The van der Waals surface area contributed by atoms with E-state index in [9.17, 15) is 4.39 Å². The zero-order valence-electron chi connectivity index (χ0n) is 11.6. The van der Waals surface area contributed by atoms with E-state index in [4.69, 9.17) is 0 Å². The van der Waals surface area contributed by atoms with Gasteiger partial charge in [-0.3, -0.25) is 0 Å². The summed E-state index contributed by atoms with van der Waals surface area (Å²) in [6, 6.07) is 5.81. The van der Waals surface area contributed by atoms with Crippen molar-refractivity contribution in [3.05, 3.63) is 34.1 Å². The Hall–Kier alpha value is -0.450. The van der Waals surface area contributed by atoms with Crippen LogP contribution in [0.15, 0.2) is 22.7 Å². The fraction of sp³-hybridized carbons (Fsp3) is 0.600. The third-order valence-corrected chi connectivity index (χ3v) is 4.36. The highest BCUT2D eigenvalue weighted by Crippen LogP contribution is 2.22. The Morgan fingerprint density at radius 3 is 3.00 bits per heavy atom. The van der Waals surface area contributed by atoms with E-state index in [2.05, 4.69) is 33.1 Å². The molecule has 2 nitrogen and oxygen atoms in total. The number of halogens is 2. The van der Waals surface area contributed by atoms with Gasteiger partial charge in [0, 0.05) is 28.7 Å². The molecule has 19 heavy (non-hydrogen) atoms. The van der Waals surface area contributed by atoms with Crippen LogP contribution < -0.4 is 5.32 Å². The predicted octanol–water partition coefficient (Wildman–Crippen LogP) is 3.72. The molecule has 1 fully saturated rings. The van der Waals surface area contributed by atoms with Crippen molar-refractivity contribution in [3.8, 4) is 0 Å². The lowest BCUT2D eigenvalue weighted by Gasteiger charge is -2.34. The van der Waals surface area contributed by atoms with Crippen LogP contribution in [-0.2, 0) is 0 Å². The van der Waals surface area contributed by atoms with Crippen molar-refractivity contribution in [3.63, 3.8) is 0 Å². The Morgan fingerprint density at radius 1 is 1.53 bits per heavy atom. The summed E-state index contributed by atoms with van der Waals surface area (Å²) in [4.78, 5) is 2.45. The van der Waals surface area contributed by atoms with Crippen molar-refractivity contribution in [2.75, 3.05) is 19.6 Å². The Kier molecular flexibility index (Phi) is 5.37. The van der Waals surface area contributed by atoms with Crippen LogP contribution >= 0.6 is 15.9 Å². The van der Waals surface area contributed by atoms with E-state index in [1.165, 1.54) is 25.5 Å². The lowest BCUT2D eigenvalue weighted by Crippen LogP contribution is -2.46. The van der Waals surface area contributed by atoms with Crippen molar-refractivity contribution in [2.45, 2.75) is 38.8 Å². The molecule has 0 radical (unpaired) electrons. The first-order valence-electron chi connectivity index (χ1n) is 7.03. The van der Waals surface area contributed by atoms with Gasteiger partial charge in [0.25, 0.3) is 0 Å². The zero-order valence-corrected chi connectivity index (χ0v) is 13.2. The molecular weight excluding hydrogens is 307 g/mol. The van der Waals surface area contributed by atoms with Crippen LogP contribution in [-0.4, -0.2) is 30.6 Å². The van der Waals surface area contributed by atoms with Gasteiger partial charge < -0.3 is 10.2 Å². The first-order chi connectivity index (χ1) is 9.10. The second kappa shape index (κ2) is 6.82. The van der Waals surface area contributed by atoms with Gasteiger partial charge in [0.05, 0.1) is 0 Å². The molecule has 1 N–H and O–H groups in total. The molecule has 4 heteroatoms. The molecule has 0 spiro atoms. The van der Waals surface area contributed by atoms with Gasteiger partial charge in [0.1, 0.15) is 5.82 Å². The number of likely N-dealkylation sites (tertiary alicyclic amines) is 1. The summed E-state index contributed by atoms with van der Waals surface area (Å²) in [6.07, 6.45) is 2.40. The number of piperidine rings is 1. The summed E-state index contributed by atoms with van der Waals surface area (Å²) >= 11 is 3.29. The van der Waals surface area contributed by atoms with Crippen LogP contribution in [0.1, 0.15) is 38.3 Å². The van der Waals surface area contributed by atoms with E-state index in [-0.39, 0.29) is 11.9 Å². The molecule has 0 saturated carbocycles. The summed E-state index contributed by atoms with van der Waals surface area (Å²) < 4.78 is 14.7. The topological polar surface area (TPSA) is 15.3 Å². The monoisotopic (exact) mass is 328 g/mol. The largest absolute Gasteiger partial charge is 0.306 e. The minimum absolute atomic E-state index is 0.0508. The van der Waals surface area contributed by atoms with Gasteiger partial charge in [-0.15, -0.1) is 0 Å². The summed E-state index contributed by atoms with van der Waals surface area (Å²) in [6.45, 7) is 7.59. The average Bonchev–Trinajstić information content (AvgIpc) is 2.38. The predicted molar refractivity (Wildman–Crippen MR) is 80.8 cm³/mol. The summed E-state index contributed by atoms with van der Waals surface area (Å²) in [5.41, 5.74) is 0.747. The Labute approximate surface area is 123 Å². The molecule has 1 saturated heterocycles. The molecule has 2 atom stereocenters. The summed E-state index contributed by atoms with van der Waals surface area (Å²) in [5, 5.41) is 3.56. The standard InChI is InChI=1S/C15H22BrFN2/c1-3-19-8-4-5-13(10-19)18-11(2)14-7-6-12(16)9-15(14)17/h6-7,9,11,13,18H,3-5,8,10H2,1-2H3. The molecule has 2 rings (SSSR count). The van der Waals surface area contributed by atoms with Crippen LogP contribution in [0, 0.1) is 5.82 Å². The number of nitrogens with zero attached hydrogens (tertiary/aromatic N) is 1. The number of rotatable bonds is 4. The molecule has 2 unspecified atom stereocenters. The Bertz CT molecular complexity index is 425. The fourth-order valence-electron chi connectivity index (χ4n) is 2.77. The van der Waals surface area contributed by atoms with Crippen molar-refractivity contribution in [1.82, 2.24) is 10.2 Å². The molecule has 0 aromatic heterocycles. The second-order valence-corrected chi connectivity index (χ2v) is 6.20. The number of hydrogen-bond acceptors (Lipinski definition) is 2. The number of hydrogen-bond donors (Lipinski definition) is 1. The smallest absolute Gasteiger partial charge is 0.129 e. The zero-order chi connectivity index (χ0) is 13.8. The minimum Gasteiger partial charge on any atom is -0.306 e. The number of nitrogens with one attached hydrogen (secondary N) is 1. The van der Waals surface area contributed by atoms with Gasteiger partial charge in [-0.05, 0) is 45.0 Å². The first-order valence-corrected chi connectivity index (χ1v) is 7.82. The van der Waals surface area contributed by atoms with E-state index < -0.39 is 0 Å². The first kappa shape index (κ1) is 14.9. The third-order valence-electron chi connectivity index (χ3n) is 3.87.